The maximum atomic E-state index is 10.1. The highest BCUT2D eigenvalue weighted by atomic mass is 17.1. The van der Waals surface area contributed by atoms with E-state index in [1.54, 1.807) is 0 Å². The van der Waals surface area contributed by atoms with Gasteiger partial charge >= 0.3 is 0 Å². The Morgan fingerprint density at radius 2 is 1.19 bits per heavy atom. The summed E-state index contributed by atoms with van der Waals surface area (Å²) in [5, 5.41) is 10.1. The molecule has 0 bridgehead atoms. The molecule has 4 heteroatoms. The van der Waals surface area contributed by atoms with Crippen LogP contribution in [0.5, 0.6) is 5.75 Å². The summed E-state index contributed by atoms with van der Waals surface area (Å²) in [6.45, 7) is 4.82. The Labute approximate surface area is 290 Å². The van der Waals surface area contributed by atoms with Crippen LogP contribution in [-0.4, -0.2) is 17.7 Å². The average molecular weight is 651 g/mol. The number of rotatable bonds is 18. The van der Waals surface area contributed by atoms with E-state index in [1.165, 1.54) is 120 Å². The molecule has 0 spiro atoms. The van der Waals surface area contributed by atoms with E-state index in [0.29, 0.717) is 18.3 Å². The molecule has 1 N–H and O–H groups in total. The highest BCUT2D eigenvalue weighted by Gasteiger charge is 2.37. The summed E-state index contributed by atoms with van der Waals surface area (Å²) in [4.78, 5) is 5.16. The minimum atomic E-state index is -0.405. The fourth-order valence-corrected chi connectivity index (χ4v) is 9.13. The first kappa shape index (κ1) is 36.4. The van der Waals surface area contributed by atoms with E-state index in [0.717, 1.165) is 48.8 Å². The molecule has 0 heterocycles. The van der Waals surface area contributed by atoms with Gasteiger partial charge < -0.3 is 9.47 Å². The molecule has 3 fully saturated rings. The molecule has 2 aromatic rings. The van der Waals surface area contributed by atoms with Crippen LogP contribution in [0.4, 0.5) is 0 Å². The van der Waals surface area contributed by atoms with Gasteiger partial charge in [-0.3, -0.25) is 5.26 Å². The Hall–Kier alpha value is -1.88. The Bertz CT molecular complexity index is 1120. The Balaban J connectivity index is 0.00000325. The molecule has 5 rings (SSSR count). The predicted octanol–water partition coefficient (Wildman–Crippen LogP) is 13.6. The van der Waals surface area contributed by atoms with Crippen molar-refractivity contribution in [1.82, 2.24) is 0 Å². The third kappa shape index (κ3) is 11.1. The van der Waals surface area contributed by atoms with E-state index >= 15 is 0 Å². The number of hydrogen-bond acceptors (Lipinski definition) is 4. The lowest BCUT2D eigenvalue weighted by molar-refractivity contribution is -0.295. The van der Waals surface area contributed by atoms with Gasteiger partial charge in [-0.15, -0.1) is 0 Å². The SMILES string of the molecule is CCCCCC1CCC(c2ccc(OCOC3(CC(OO)c4ccc(C5CCC(CCCCC)CC5)cc4)CCCCC3)cc2)CC1.[HH].[HH]. The van der Waals surface area contributed by atoms with Crippen molar-refractivity contribution in [3.8, 4) is 5.75 Å². The molecule has 0 aliphatic heterocycles. The molecule has 0 saturated heterocycles. The zero-order valence-corrected chi connectivity index (χ0v) is 29.9. The van der Waals surface area contributed by atoms with Gasteiger partial charge in [0.15, 0.2) is 6.79 Å². The van der Waals surface area contributed by atoms with Crippen molar-refractivity contribution in [2.45, 2.75) is 179 Å². The largest absolute Gasteiger partial charge is 0.468 e. The summed E-state index contributed by atoms with van der Waals surface area (Å²) in [6.07, 6.45) is 27.4. The van der Waals surface area contributed by atoms with Crippen molar-refractivity contribution in [2.75, 3.05) is 6.79 Å². The minimum Gasteiger partial charge on any atom is -0.468 e. The summed E-state index contributed by atoms with van der Waals surface area (Å²) < 4.78 is 12.7. The van der Waals surface area contributed by atoms with Crippen LogP contribution in [0, 0.1) is 11.8 Å². The van der Waals surface area contributed by atoms with Crippen molar-refractivity contribution < 1.29 is 22.5 Å². The first-order chi connectivity index (χ1) is 23.1. The lowest BCUT2D eigenvalue weighted by atomic mass is 9.76. The van der Waals surface area contributed by atoms with Crippen molar-refractivity contribution in [3.63, 3.8) is 0 Å². The fourth-order valence-electron chi connectivity index (χ4n) is 9.13. The van der Waals surface area contributed by atoms with Crippen molar-refractivity contribution in [3.05, 3.63) is 65.2 Å². The quantitative estimate of drug-likeness (QED) is 0.0755. The van der Waals surface area contributed by atoms with Gasteiger partial charge in [-0.25, -0.2) is 4.89 Å². The topological polar surface area (TPSA) is 47.9 Å². The molecule has 0 radical (unpaired) electrons. The Morgan fingerprint density at radius 3 is 1.68 bits per heavy atom. The number of unbranched alkanes of at least 4 members (excludes halogenated alkanes) is 4. The van der Waals surface area contributed by atoms with Gasteiger partial charge in [-0.2, -0.15) is 0 Å². The van der Waals surface area contributed by atoms with Gasteiger partial charge in [0.05, 0.1) is 5.60 Å². The molecule has 1 atom stereocenters. The van der Waals surface area contributed by atoms with Crippen LogP contribution in [0.25, 0.3) is 0 Å². The van der Waals surface area contributed by atoms with E-state index in [1.807, 2.05) is 0 Å². The maximum absolute atomic E-state index is 10.1. The van der Waals surface area contributed by atoms with Crippen molar-refractivity contribution >= 4 is 0 Å². The Kier molecular flexibility index (Phi) is 15.0. The predicted molar refractivity (Wildman–Crippen MR) is 198 cm³/mol. The van der Waals surface area contributed by atoms with Crippen LogP contribution in [0.3, 0.4) is 0 Å². The molecule has 0 amide bonds. The average Bonchev–Trinajstić information content (AvgIpc) is 3.12. The van der Waals surface area contributed by atoms with E-state index in [9.17, 15) is 5.26 Å². The molecule has 3 saturated carbocycles. The normalized spacial score (nSPS) is 25.3. The van der Waals surface area contributed by atoms with Gasteiger partial charge in [0.2, 0.25) is 0 Å². The standard InChI is InChI=1S/C43H66O4.2H2/c1-3-5-8-12-34-14-18-36(19-15-34)38-22-24-40(25-23-38)42(47-44)32-43(30-10-7-11-31-43)46-33-45-41-28-26-39(27-29-41)37-20-16-35(17-21-37)13-9-6-4-2;;/h22-29,34-37,42,44H,3-21,30-33H2,1-2H3;2*1H. The molecule has 3 aliphatic carbocycles. The van der Waals surface area contributed by atoms with Gasteiger partial charge in [-0.05, 0) is 117 Å². The molecule has 4 nitrogen and oxygen atoms in total. The fraction of sp³-hybridized carbons (Fsp3) is 0.721. The minimum absolute atomic E-state index is 0. The van der Waals surface area contributed by atoms with Crippen molar-refractivity contribution in [1.29, 1.82) is 0 Å². The monoisotopic (exact) mass is 651 g/mol. The van der Waals surface area contributed by atoms with Gasteiger partial charge in [0.1, 0.15) is 11.9 Å². The van der Waals surface area contributed by atoms with E-state index < -0.39 is 6.10 Å². The number of benzene rings is 2. The van der Waals surface area contributed by atoms with Crippen LogP contribution >= 0.6 is 0 Å². The second-order valence-electron chi connectivity index (χ2n) is 15.6. The summed E-state index contributed by atoms with van der Waals surface area (Å²) in [7, 11) is 0. The number of ether oxygens (including phenoxy) is 2. The highest BCUT2D eigenvalue weighted by Crippen LogP contribution is 2.42. The molecule has 266 valence electrons. The van der Waals surface area contributed by atoms with Crippen LogP contribution in [0.15, 0.2) is 48.5 Å². The third-order valence-corrected chi connectivity index (χ3v) is 12.3. The van der Waals surface area contributed by atoms with E-state index in [-0.39, 0.29) is 15.2 Å². The lowest BCUT2D eigenvalue weighted by Gasteiger charge is -2.39. The van der Waals surface area contributed by atoms with Crippen LogP contribution in [0.2, 0.25) is 0 Å². The molecule has 47 heavy (non-hydrogen) atoms. The molecule has 0 aromatic heterocycles. The lowest BCUT2D eigenvalue weighted by Crippen LogP contribution is -2.38. The van der Waals surface area contributed by atoms with Crippen LogP contribution in [-0.2, 0) is 9.62 Å². The maximum Gasteiger partial charge on any atom is 0.189 e. The van der Waals surface area contributed by atoms with Crippen molar-refractivity contribution in [2.24, 2.45) is 11.8 Å². The first-order valence-corrected chi connectivity index (χ1v) is 19.9. The number of hydrogen-bond donors (Lipinski definition) is 1. The molecule has 3 aliphatic rings. The summed E-state index contributed by atoms with van der Waals surface area (Å²) in [5.41, 5.74) is 3.58. The van der Waals surface area contributed by atoms with Gasteiger partial charge in [0.25, 0.3) is 0 Å². The van der Waals surface area contributed by atoms with Gasteiger partial charge in [-0.1, -0.05) is 121 Å². The van der Waals surface area contributed by atoms with Gasteiger partial charge in [0, 0.05) is 9.27 Å². The first-order valence-electron chi connectivity index (χ1n) is 19.9. The smallest absolute Gasteiger partial charge is 0.189 e. The molecule has 1 unspecified atom stereocenters. The summed E-state index contributed by atoms with van der Waals surface area (Å²) >= 11 is 0. The summed E-state index contributed by atoms with van der Waals surface area (Å²) in [5.74, 6) is 4.08. The highest BCUT2D eigenvalue weighted by molar-refractivity contribution is 5.30. The Morgan fingerprint density at radius 1 is 0.681 bits per heavy atom. The second-order valence-corrected chi connectivity index (χ2v) is 15.6. The second kappa shape index (κ2) is 19.3. The van der Waals surface area contributed by atoms with Crippen LogP contribution in [0.1, 0.15) is 193 Å². The third-order valence-electron chi connectivity index (χ3n) is 12.3. The van der Waals surface area contributed by atoms with E-state index in [4.69, 9.17) is 14.4 Å². The molecular formula is C43H70O4. The summed E-state index contributed by atoms with van der Waals surface area (Å²) in [6, 6.07) is 17.7. The van der Waals surface area contributed by atoms with Crippen LogP contribution < -0.4 is 4.74 Å². The zero-order chi connectivity index (χ0) is 32.7. The molecule has 2 aromatic carbocycles. The molecular weight excluding hydrogens is 580 g/mol. The van der Waals surface area contributed by atoms with E-state index in [2.05, 4.69) is 62.4 Å². The zero-order valence-electron chi connectivity index (χ0n) is 29.9.